The van der Waals surface area contributed by atoms with Crippen LogP contribution in [0.2, 0.25) is 0 Å². The highest BCUT2D eigenvalue weighted by Crippen LogP contribution is 2.40. The number of hydrogen-bond acceptors (Lipinski definition) is 1. The molecule has 0 heterocycles. The second-order valence-corrected chi connectivity index (χ2v) is 7.05. The summed E-state index contributed by atoms with van der Waals surface area (Å²) >= 11 is 0. The fourth-order valence-corrected chi connectivity index (χ4v) is 3.37. The summed E-state index contributed by atoms with van der Waals surface area (Å²) in [5.41, 5.74) is 0.500. The van der Waals surface area contributed by atoms with Crippen LogP contribution in [0.1, 0.15) is 65.7 Å². The lowest BCUT2D eigenvalue weighted by Gasteiger charge is -2.36. The van der Waals surface area contributed by atoms with E-state index in [1.54, 1.807) is 0 Å². The van der Waals surface area contributed by atoms with Crippen LogP contribution in [0.25, 0.3) is 0 Å². The summed E-state index contributed by atoms with van der Waals surface area (Å²) in [6.45, 7) is 8.60. The van der Waals surface area contributed by atoms with Crippen LogP contribution in [-0.2, 0) is 0 Å². The van der Waals surface area contributed by atoms with Gasteiger partial charge in [-0.3, -0.25) is 0 Å². The van der Waals surface area contributed by atoms with Gasteiger partial charge < -0.3 is 5.32 Å². The molecule has 1 N–H and O–H groups in total. The van der Waals surface area contributed by atoms with E-state index in [1.165, 1.54) is 51.5 Å². The molecule has 1 nitrogen and oxygen atoms in total. The Balaban J connectivity index is 1.91. The van der Waals surface area contributed by atoms with E-state index in [0.29, 0.717) is 5.41 Å². The highest BCUT2D eigenvalue weighted by Gasteiger charge is 2.33. The normalized spacial score (nSPS) is 32.4. The third-order valence-corrected chi connectivity index (χ3v) is 4.52. The minimum absolute atomic E-state index is 0.500. The molecule has 2 atom stereocenters. The largest absolute Gasteiger partial charge is 0.314 e. The monoisotopic (exact) mass is 223 g/mol. The van der Waals surface area contributed by atoms with Crippen LogP contribution in [-0.4, -0.2) is 12.6 Å². The zero-order chi connectivity index (χ0) is 11.6. The van der Waals surface area contributed by atoms with Gasteiger partial charge in [-0.25, -0.2) is 0 Å². The molecule has 2 aliphatic rings. The Morgan fingerprint density at radius 2 is 1.62 bits per heavy atom. The molecule has 2 saturated carbocycles. The van der Waals surface area contributed by atoms with Crippen LogP contribution >= 0.6 is 0 Å². The SMILES string of the molecule is CC(C)(C)C1CCCCCC1CNC1CC1. The predicted molar refractivity (Wildman–Crippen MR) is 70.5 cm³/mol. The van der Waals surface area contributed by atoms with Crippen LogP contribution in [0, 0.1) is 17.3 Å². The molecule has 0 aromatic heterocycles. The lowest BCUT2D eigenvalue weighted by Crippen LogP contribution is -2.35. The molecule has 0 aromatic rings. The molecule has 0 bridgehead atoms. The zero-order valence-electron chi connectivity index (χ0n) is 11.4. The minimum Gasteiger partial charge on any atom is -0.314 e. The lowest BCUT2D eigenvalue weighted by atomic mass is 9.70. The Bertz CT molecular complexity index is 212. The molecule has 0 amide bonds. The van der Waals surface area contributed by atoms with E-state index in [1.807, 2.05) is 0 Å². The van der Waals surface area contributed by atoms with Crippen LogP contribution in [0.15, 0.2) is 0 Å². The van der Waals surface area contributed by atoms with Crippen molar-refractivity contribution in [3.05, 3.63) is 0 Å². The van der Waals surface area contributed by atoms with Crippen LogP contribution in [0.5, 0.6) is 0 Å². The second-order valence-electron chi connectivity index (χ2n) is 7.05. The fraction of sp³-hybridized carbons (Fsp3) is 1.00. The molecule has 0 radical (unpaired) electrons. The highest BCUT2D eigenvalue weighted by molar-refractivity contribution is 4.87. The van der Waals surface area contributed by atoms with Crippen molar-refractivity contribution in [2.24, 2.45) is 17.3 Å². The average molecular weight is 223 g/mol. The van der Waals surface area contributed by atoms with Crippen molar-refractivity contribution in [1.82, 2.24) is 5.32 Å². The Morgan fingerprint density at radius 3 is 2.25 bits per heavy atom. The predicted octanol–water partition coefficient (Wildman–Crippen LogP) is 3.98. The number of nitrogens with one attached hydrogen (secondary N) is 1. The zero-order valence-corrected chi connectivity index (χ0v) is 11.4. The van der Waals surface area contributed by atoms with Gasteiger partial charge in [-0.05, 0) is 49.5 Å². The van der Waals surface area contributed by atoms with Gasteiger partial charge in [-0.1, -0.05) is 40.0 Å². The molecular weight excluding hydrogens is 194 g/mol. The number of hydrogen-bond donors (Lipinski definition) is 1. The summed E-state index contributed by atoms with van der Waals surface area (Å²) in [5, 5.41) is 3.76. The van der Waals surface area contributed by atoms with Gasteiger partial charge in [-0.15, -0.1) is 0 Å². The first kappa shape index (κ1) is 12.4. The molecular formula is C15H29N. The van der Waals surface area contributed by atoms with Gasteiger partial charge in [0.05, 0.1) is 0 Å². The van der Waals surface area contributed by atoms with Gasteiger partial charge in [0.15, 0.2) is 0 Å². The van der Waals surface area contributed by atoms with Gasteiger partial charge >= 0.3 is 0 Å². The molecule has 0 saturated heterocycles. The van der Waals surface area contributed by atoms with Gasteiger partial charge in [0, 0.05) is 6.04 Å². The van der Waals surface area contributed by atoms with Crippen molar-refractivity contribution in [3.63, 3.8) is 0 Å². The van der Waals surface area contributed by atoms with Crippen LogP contribution < -0.4 is 5.32 Å². The van der Waals surface area contributed by atoms with Crippen molar-refractivity contribution in [2.75, 3.05) is 6.54 Å². The average Bonchev–Trinajstić information content (AvgIpc) is 3.01. The van der Waals surface area contributed by atoms with Crippen molar-refractivity contribution < 1.29 is 0 Å². The van der Waals surface area contributed by atoms with E-state index in [9.17, 15) is 0 Å². The van der Waals surface area contributed by atoms with E-state index in [-0.39, 0.29) is 0 Å². The second kappa shape index (κ2) is 5.08. The van der Waals surface area contributed by atoms with Crippen molar-refractivity contribution in [2.45, 2.75) is 71.8 Å². The third-order valence-electron chi connectivity index (χ3n) is 4.52. The van der Waals surface area contributed by atoms with Gasteiger partial charge in [0.2, 0.25) is 0 Å². The van der Waals surface area contributed by atoms with E-state index >= 15 is 0 Å². The quantitative estimate of drug-likeness (QED) is 0.714. The van der Waals surface area contributed by atoms with E-state index in [4.69, 9.17) is 0 Å². The first-order valence-corrected chi connectivity index (χ1v) is 7.31. The molecule has 16 heavy (non-hydrogen) atoms. The van der Waals surface area contributed by atoms with Crippen LogP contribution in [0.3, 0.4) is 0 Å². The smallest absolute Gasteiger partial charge is 0.00683 e. The first-order chi connectivity index (χ1) is 7.57. The molecule has 0 spiro atoms. The minimum atomic E-state index is 0.500. The van der Waals surface area contributed by atoms with Gasteiger partial charge in [0.25, 0.3) is 0 Å². The van der Waals surface area contributed by atoms with E-state index < -0.39 is 0 Å². The fourth-order valence-electron chi connectivity index (χ4n) is 3.37. The first-order valence-electron chi connectivity index (χ1n) is 7.31. The highest BCUT2D eigenvalue weighted by atomic mass is 14.9. The third kappa shape index (κ3) is 3.48. The maximum Gasteiger partial charge on any atom is 0.00683 e. The molecule has 0 aliphatic heterocycles. The maximum absolute atomic E-state index is 3.76. The standard InChI is InChI=1S/C15H29N/c1-15(2,3)14-8-6-4-5-7-12(14)11-16-13-9-10-13/h12-14,16H,4-11H2,1-3H3. The molecule has 2 rings (SSSR count). The Hall–Kier alpha value is -0.0400. The summed E-state index contributed by atoms with van der Waals surface area (Å²) in [5.74, 6) is 1.87. The number of rotatable bonds is 3. The Kier molecular flexibility index (Phi) is 3.94. The molecule has 2 unspecified atom stereocenters. The summed E-state index contributed by atoms with van der Waals surface area (Å²) < 4.78 is 0. The Labute approximate surface area is 101 Å². The molecule has 0 aromatic carbocycles. The molecule has 2 aliphatic carbocycles. The molecule has 94 valence electrons. The Morgan fingerprint density at radius 1 is 0.938 bits per heavy atom. The summed E-state index contributed by atoms with van der Waals surface area (Å²) in [4.78, 5) is 0. The van der Waals surface area contributed by atoms with Crippen molar-refractivity contribution >= 4 is 0 Å². The summed E-state index contributed by atoms with van der Waals surface area (Å²) in [7, 11) is 0. The molecule has 2 fully saturated rings. The van der Waals surface area contributed by atoms with Crippen molar-refractivity contribution in [1.29, 1.82) is 0 Å². The molecule has 1 heteroatoms. The lowest BCUT2D eigenvalue weighted by molar-refractivity contribution is 0.144. The maximum atomic E-state index is 3.76. The topological polar surface area (TPSA) is 12.0 Å². The van der Waals surface area contributed by atoms with E-state index in [2.05, 4.69) is 26.1 Å². The summed E-state index contributed by atoms with van der Waals surface area (Å²) in [6.07, 6.45) is 10.2. The summed E-state index contributed by atoms with van der Waals surface area (Å²) in [6, 6.07) is 0.879. The van der Waals surface area contributed by atoms with Crippen LogP contribution in [0.4, 0.5) is 0 Å². The van der Waals surface area contributed by atoms with Gasteiger partial charge in [-0.2, -0.15) is 0 Å². The van der Waals surface area contributed by atoms with E-state index in [0.717, 1.165) is 17.9 Å². The van der Waals surface area contributed by atoms with Gasteiger partial charge in [0.1, 0.15) is 0 Å². The van der Waals surface area contributed by atoms with Crippen molar-refractivity contribution in [3.8, 4) is 0 Å².